The van der Waals surface area contributed by atoms with Gasteiger partial charge in [0.15, 0.2) is 0 Å². The highest BCUT2D eigenvalue weighted by molar-refractivity contribution is 5.94. The molecule has 1 amide bonds. The summed E-state index contributed by atoms with van der Waals surface area (Å²) in [5, 5.41) is 9.84. The maximum Gasteiger partial charge on any atom is 0.251 e. The van der Waals surface area contributed by atoms with E-state index in [-0.39, 0.29) is 5.91 Å². The molecule has 0 saturated carbocycles. The Kier molecular flexibility index (Phi) is 4.70. The molecule has 0 saturated heterocycles. The van der Waals surface area contributed by atoms with Crippen LogP contribution >= 0.6 is 0 Å². The lowest BCUT2D eigenvalue weighted by atomic mass is 10.1. The van der Waals surface area contributed by atoms with Crippen molar-refractivity contribution in [2.45, 2.75) is 12.8 Å². The summed E-state index contributed by atoms with van der Waals surface area (Å²) in [5.41, 5.74) is 4.74. The molecular formula is C21H21N5O. The van der Waals surface area contributed by atoms with Gasteiger partial charge in [-0.3, -0.25) is 9.89 Å². The van der Waals surface area contributed by atoms with Crippen molar-refractivity contribution in [2.75, 3.05) is 6.54 Å². The molecule has 0 aliphatic carbocycles. The van der Waals surface area contributed by atoms with E-state index in [4.69, 9.17) is 0 Å². The first-order chi connectivity index (χ1) is 13.2. The van der Waals surface area contributed by atoms with Gasteiger partial charge in [-0.05, 0) is 42.3 Å². The summed E-state index contributed by atoms with van der Waals surface area (Å²) >= 11 is 0. The highest BCUT2D eigenvalue weighted by Gasteiger charge is 2.08. The number of imidazole rings is 1. The average Bonchev–Trinajstić information content (AvgIpc) is 3.34. The van der Waals surface area contributed by atoms with Gasteiger partial charge in [-0.2, -0.15) is 5.10 Å². The van der Waals surface area contributed by atoms with Crippen LogP contribution in [0.5, 0.6) is 0 Å². The fourth-order valence-corrected chi connectivity index (χ4v) is 3.19. The maximum atomic E-state index is 12.3. The fourth-order valence-electron chi connectivity index (χ4n) is 3.19. The van der Waals surface area contributed by atoms with Crippen LogP contribution in [0.4, 0.5) is 0 Å². The second-order valence-corrected chi connectivity index (χ2v) is 6.48. The summed E-state index contributed by atoms with van der Waals surface area (Å²) < 4.78 is 2.12. The van der Waals surface area contributed by atoms with Crippen molar-refractivity contribution in [3.63, 3.8) is 0 Å². The van der Waals surface area contributed by atoms with Crippen molar-refractivity contribution in [3.8, 4) is 11.3 Å². The number of aryl methyl sites for hydroxylation is 2. The van der Waals surface area contributed by atoms with Gasteiger partial charge in [0.05, 0.1) is 16.7 Å². The van der Waals surface area contributed by atoms with E-state index in [9.17, 15) is 4.79 Å². The first-order valence-corrected chi connectivity index (χ1v) is 9.01. The van der Waals surface area contributed by atoms with E-state index in [1.54, 1.807) is 6.20 Å². The van der Waals surface area contributed by atoms with Gasteiger partial charge in [0.2, 0.25) is 0 Å². The van der Waals surface area contributed by atoms with E-state index in [1.165, 1.54) is 0 Å². The van der Waals surface area contributed by atoms with E-state index >= 15 is 0 Å². The topological polar surface area (TPSA) is 75.6 Å². The zero-order valence-corrected chi connectivity index (χ0v) is 15.1. The number of rotatable bonds is 6. The van der Waals surface area contributed by atoms with Gasteiger partial charge < -0.3 is 9.88 Å². The van der Waals surface area contributed by atoms with Crippen molar-refractivity contribution in [2.24, 2.45) is 7.05 Å². The van der Waals surface area contributed by atoms with E-state index < -0.39 is 0 Å². The minimum atomic E-state index is -0.0591. The standard InChI is InChI=1S/C21H21N5O/c1-26-19-6-3-2-5-18(19)24-20(26)7-4-13-22-21(27)16-10-8-15(9-11-16)17-12-14-23-25-17/h2-3,5-6,8-12,14H,4,7,13H2,1H3,(H,22,27)(H,23,25). The van der Waals surface area contributed by atoms with Gasteiger partial charge in [0.1, 0.15) is 5.82 Å². The molecule has 27 heavy (non-hydrogen) atoms. The normalized spacial score (nSPS) is 11.0. The molecule has 2 heterocycles. The van der Waals surface area contributed by atoms with Gasteiger partial charge >= 0.3 is 0 Å². The predicted molar refractivity (Wildman–Crippen MR) is 105 cm³/mol. The molecule has 2 aromatic heterocycles. The van der Waals surface area contributed by atoms with Crippen LogP contribution in [0.15, 0.2) is 60.8 Å². The average molecular weight is 359 g/mol. The van der Waals surface area contributed by atoms with Gasteiger partial charge in [-0.15, -0.1) is 0 Å². The zero-order valence-electron chi connectivity index (χ0n) is 15.1. The van der Waals surface area contributed by atoms with E-state index in [1.807, 2.05) is 55.6 Å². The number of hydrogen-bond donors (Lipinski definition) is 2. The highest BCUT2D eigenvalue weighted by atomic mass is 16.1. The van der Waals surface area contributed by atoms with Crippen molar-refractivity contribution in [3.05, 3.63) is 72.2 Å². The van der Waals surface area contributed by atoms with Crippen LogP contribution in [0.2, 0.25) is 0 Å². The van der Waals surface area contributed by atoms with Crippen LogP contribution in [-0.4, -0.2) is 32.2 Å². The van der Waals surface area contributed by atoms with Gasteiger partial charge in [0, 0.05) is 31.8 Å². The monoisotopic (exact) mass is 359 g/mol. The van der Waals surface area contributed by atoms with Crippen LogP contribution < -0.4 is 5.32 Å². The number of benzene rings is 2. The van der Waals surface area contributed by atoms with Gasteiger partial charge in [-0.1, -0.05) is 24.3 Å². The number of aromatic amines is 1. The Morgan fingerprint density at radius 1 is 1.11 bits per heavy atom. The molecule has 4 aromatic rings. The number of amides is 1. The summed E-state index contributed by atoms with van der Waals surface area (Å²) in [6.45, 7) is 0.615. The molecule has 136 valence electrons. The Morgan fingerprint density at radius 3 is 2.67 bits per heavy atom. The van der Waals surface area contributed by atoms with E-state index in [0.29, 0.717) is 12.1 Å². The van der Waals surface area contributed by atoms with Crippen LogP contribution in [-0.2, 0) is 13.5 Å². The lowest BCUT2D eigenvalue weighted by Crippen LogP contribution is -2.24. The Morgan fingerprint density at radius 2 is 1.93 bits per heavy atom. The van der Waals surface area contributed by atoms with Crippen molar-refractivity contribution >= 4 is 16.9 Å². The van der Waals surface area contributed by atoms with Crippen molar-refractivity contribution in [1.82, 2.24) is 25.1 Å². The molecule has 0 unspecified atom stereocenters. The van der Waals surface area contributed by atoms with Crippen LogP contribution in [0.1, 0.15) is 22.6 Å². The smallest absolute Gasteiger partial charge is 0.251 e. The first-order valence-electron chi connectivity index (χ1n) is 9.01. The number of nitrogens with zero attached hydrogens (tertiary/aromatic N) is 3. The van der Waals surface area contributed by atoms with Crippen LogP contribution in [0.3, 0.4) is 0 Å². The Hall–Kier alpha value is -3.41. The number of carbonyl (C=O) groups is 1. The molecule has 2 N–H and O–H groups in total. The van der Waals surface area contributed by atoms with Crippen LogP contribution in [0, 0.1) is 0 Å². The zero-order chi connectivity index (χ0) is 18.6. The van der Waals surface area contributed by atoms with Crippen molar-refractivity contribution < 1.29 is 4.79 Å². The molecule has 6 heteroatoms. The summed E-state index contributed by atoms with van der Waals surface area (Å²) in [5.74, 6) is 0.977. The Bertz CT molecular complexity index is 1050. The van der Waals surface area contributed by atoms with E-state index in [2.05, 4.69) is 31.1 Å². The Balaban J connectivity index is 1.31. The number of fused-ring (bicyclic) bond motifs is 1. The molecule has 2 aromatic carbocycles. The molecule has 0 aliphatic rings. The molecular weight excluding hydrogens is 338 g/mol. The molecule has 0 atom stereocenters. The number of carbonyl (C=O) groups excluding carboxylic acids is 1. The maximum absolute atomic E-state index is 12.3. The number of nitrogens with one attached hydrogen (secondary N) is 2. The first kappa shape index (κ1) is 17.0. The minimum absolute atomic E-state index is 0.0591. The SMILES string of the molecule is Cn1c(CCCNC(=O)c2ccc(-c3ccn[nH]3)cc2)nc2ccccc21. The van der Waals surface area contributed by atoms with Gasteiger partial charge in [0.25, 0.3) is 5.91 Å². The molecule has 0 aliphatic heterocycles. The number of H-pyrrole nitrogens is 1. The molecule has 0 radical (unpaired) electrons. The largest absolute Gasteiger partial charge is 0.352 e. The molecule has 6 nitrogen and oxygen atoms in total. The summed E-state index contributed by atoms with van der Waals surface area (Å²) in [7, 11) is 2.03. The Labute approximate surface area is 157 Å². The molecule has 4 rings (SSSR count). The van der Waals surface area contributed by atoms with Gasteiger partial charge in [-0.25, -0.2) is 4.98 Å². The van der Waals surface area contributed by atoms with Crippen LogP contribution in [0.25, 0.3) is 22.3 Å². The fraction of sp³-hybridized carbons (Fsp3) is 0.190. The molecule has 0 spiro atoms. The number of aromatic nitrogens is 4. The summed E-state index contributed by atoms with van der Waals surface area (Å²) in [6.07, 6.45) is 3.37. The van der Waals surface area contributed by atoms with E-state index in [0.717, 1.165) is 41.0 Å². The number of hydrogen-bond acceptors (Lipinski definition) is 3. The third kappa shape index (κ3) is 3.60. The predicted octanol–water partition coefficient (Wildman–Crippen LogP) is 3.33. The molecule has 0 bridgehead atoms. The second-order valence-electron chi connectivity index (χ2n) is 6.48. The summed E-state index contributed by atoms with van der Waals surface area (Å²) in [4.78, 5) is 17.0. The quantitative estimate of drug-likeness (QED) is 0.519. The summed E-state index contributed by atoms with van der Waals surface area (Å²) in [6, 6.07) is 17.5. The second kappa shape index (κ2) is 7.45. The lowest BCUT2D eigenvalue weighted by molar-refractivity contribution is 0.0953. The number of para-hydroxylation sites is 2. The molecule has 0 fully saturated rings. The highest BCUT2D eigenvalue weighted by Crippen LogP contribution is 2.17. The van der Waals surface area contributed by atoms with Crippen molar-refractivity contribution in [1.29, 1.82) is 0 Å². The third-order valence-electron chi connectivity index (χ3n) is 4.70. The third-order valence-corrected chi connectivity index (χ3v) is 4.70. The lowest BCUT2D eigenvalue weighted by Gasteiger charge is -2.06. The minimum Gasteiger partial charge on any atom is -0.352 e.